The van der Waals surface area contributed by atoms with Gasteiger partial charge in [0, 0.05) is 17.7 Å². The van der Waals surface area contributed by atoms with Crippen molar-refractivity contribution in [3.05, 3.63) is 48.2 Å². The highest BCUT2D eigenvalue weighted by molar-refractivity contribution is 7.88. The molecular formula is C13H15NO3S. The molecule has 1 aliphatic heterocycles. The molecule has 1 aliphatic rings. The number of carbonyl (C=O) groups excluding carboxylic acids is 1. The minimum absolute atomic E-state index is 0.118. The molecular weight excluding hydrogens is 250 g/mol. The van der Waals surface area contributed by atoms with E-state index in [0.29, 0.717) is 5.56 Å². The van der Waals surface area contributed by atoms with Crippen LogP contribution in [0.5, 0.6) is 0 Å². The Kier molecular flexibility index (Phi) is 3.26. The molecule has 2 rings (SSSR count). The van der Waals surface area contributed by atoms with Crippen molar-refractivity contribution in [2.75, 3.05) is 6.26 Å². The van der Waals surface area contributed by atoms with E-state index in [0.717, 1.165) is 10.6 Å². The Morgan fingerprint density at radius 3 is 2.39 bits per heavy atom. The summed E-state index contributed by atoms with van der Waals surface area (Å²) in [5.41, 5.74) is 0.534. The molecule has 0 spiro atoms. The number of hydrogen-bond donors (Lipinski definition) is 0. The summed E-state index contributed by atoms with van der Waals surface area (Å²) in [5.74, 6) is -0.286. The Hall–Kier alpha value is -1.62. The van der Waals surface area contributed by atoms with Crippen molar-refractivity contribution in [2.24, 2.45) is 5.92 Å². The third-order valence-corrected chi connectivity index (χ3v) is 4.13. The van der Waals surface area contributed by atoms with Crippen molar-refractivity contribution < 1.29 is 13.2 Å². The monoisotopic (exact) mass is 265 g/mol. The van der Waals surface area contributed by atoms with Gasteiger partial charge in [0.05, 0.1) is 6.26 Å². The van der Waals surface area contributed by atoms with Crippen LogP contribution in [-0.2, 0) is 10.0 Å². The largest absolute Gasteiger partial charge is 0.292 e. The standard InChI is InChI=1S/C13H15NO3S/c1-10-8-9-14(18(2,16)17)12(10)13(15)11-6-4-3-5-7-11/h3-10,12H,1-2H3/t10-,12-/m0/s1. The van der Waals surface area contributed by atoms with Crippen molar-refractivity contribution in [1.82, 2.24) is 4.31 Å². The summed E-state index contributed by atoms with van der Waals surface area (Å²) in [6.07, 6.45) is 4.33. The van der Waals surface area contributed by atoms with Crippen LogP contribution in [0.25, 0.3) is 0 Å². The van der Waals surface area contributed by atoms with Gasteiger partial charge in [-0.1, -0.05) is 43.3 Å². The number of ketones is 1. The van der Waals surface area contributed by atoms with Crippen LogP contribution >= 0.6 is 0 Å². The van der Waals surface area contributed by atoms with Crippen LogP contribution in [0, 0.1) is 5.92 Å². The maximum atomic E-state index is 12.4. The van der Waals surface area contributed by atoms with Gasteiger partial charge in [-0.2, -0.15) is 0 Å². The van der Waals surface area contributed by atoms with Crippen molar-refractivity contribution in [2.45, 2.75) is 13.0 Å². The molecule has 2 atom stereocenters. The van der Waals surface area contributed by atoms with Crippen LogP contribution in [0.2, 0.25) is 0 Å². The lowest BCUT2D eigenvalue weighted by Gasteiger charge is -2.25. The fourth-order valence-electron chi connectivity index (χ4n) is 2.09. The van der Waals surface area contributed by atoms with Gasteiger partial charge in [-0.25, -0.2) is 8.42 Å². The van der Waals surface area contributed by atoms with E-state index in [4.69, 9.17) is 0 Å². The van der Waals surface area contributed by atoms with E-state index < -0.39 is 16.1 Å². The zero-order chi connectivity index (χ0) is 13.3. The average molecular weight is 265 g/mol. The molecule has 1 aromatic rings. The quantitative estimate of drug-likeness (QED) is 0.781. The SMILES string of the molecule is C[C@H]1C=CN(S(C)(=O)=O)[C@@H]1C(=O)c1ccccc1. The predicted molar refractivity (Wildman–Crippen MR) is 69.5 cm³/mol. The molecule has 5 heteroatoms. The molecule has 0 aromatic heterocycles. The van der Waals surface area contributed by atoms with Gasteiger partial charge in [0.25, 0.3) is 0 Å². The van der Waals surface area contributed by atoms with Gasteiger partial charge in [0.1, 0.15) is 6.04 Å². The Morgan fingerprint density at radius 1 is 1.22 bits per heavy atom. The van der Waals surface area contributed by atoms with E-state index in [9.17, 15) is 13.2 Å². The van der Waals surface area contributed by atoms with Gasteiger partial charge in [-0.3, -0.25) is 9.10 Å². The summed E-state index contributed by atoms with van der Waals surface area (Å²) < 4.78 is 24.4. The molecule has 96 valence electrons. The first-order chi connectivity index (χ1) is 8.41. The second-order valence-corrected chi connectivity index (χ2v) is 6.36. The second-order valence-electron chi connectivity index (χ2n) is 4.47. The number of sulfonamides is 1. The van der Waals surface area contributed by atoms with Gasteiger partial charge in [0.2, 0.25) is 10.0 Å². The summed E-state index contributed by atoms with van der Waals surface area (Å²) in [5, 5.41) is 0. The first kappa shape index (κ1) is 12.8. The van der Waals surface area contributed by atoms with Crippen molar-refractivity contribution in [3.8, 4) is 0 Å². The minimum atomic E-state index is -3.41. The summed E-state index contributed by atoms with van der Waals surface area (Å²) in [7, 11) is -3.41. The molecule has 0 amide bonds. The fourth-order valence-corrected chi connectivity index (χ4v) is 3.09. The molecule has 0 saturated heterocycles. The van der Waals surface area contributed by atoms with Gasteiger partial charge < -0.3 is 0 Å². The number of carbonyl (C=O) groups is 1. The predicted octanol–water partition coefficient (Wildman–Crippen LogP) is 1.66. The lowest BCUT2D eigenvalue weighted by atomic mass is 9.96. The highest BCUT2D eigenvalue weighted by Crippen LogP contribution is 2.26. The second kappa shape index (κ2) is 4.57. The highest BCUT2D eigenvalue weighted by Gasteiger charge is 2.37. The molecule has 0 bridgehead atoms. The number of rotatable bonds is 3. The Morgan fingerprint density at radius 2 is 1.83 bits per heavy atom. The average Bonchev–Trinajstić information content (AvgIpc) is 2.71. The third kappa shape index (κ3) is 2.31. The summed E-state index contributed by atoms with van der Waals surface area (Å²) in [6, 6.07) is 8.10. The molecule has 4 nitrogen and oxygen atoms in total. The molecule has 1 aromatic carbocycles. The molecule has 0 N–H and O–H groups in total. The van der Waals surface area contributed by atoms with Crippen LogP contribution in [0.3, 0.4) is 0 Å². The number of Topliss-reactive ketones (excluding diaryl/α,β-unsaturated/α-hetero) is 1. The van der Waals surface area contributed by atoms with E-state index in [1.54, 1.807) is 30.3 Å². The van der Waals surface area contributed by atoms with Crippen molar-refractivity contribution >= 4 is 15.8 Å². The van der Waals surface area contributed by atoms with Gasteiger partial charge in [-0.15, -0.1) is 0 Å². The highest BCUT2D eigenvalue weighted by atomic mass is 32.2. The molecule has 18 heavy (non-hydrogen) atoms. The van der Waals surface area contributed by atoms with Gasteiger partial charge in [0.15, 0.2) is 5.78 Å². The lowest BCUT2D eigenvalue weighted by molar-refractivity contribution is 0.0903. The molecule has 0 radical (unpaired) electrons. The summed E-state index contributed by atoms with van der Waals surface area (Å²) >= 11 is 0. The zero-order valence-corrected chi connectivity index (χ0v) is 11.1. The molecule has 1 heterocycles. The van der Waals surface area contributed by atoms with Crippen LogP contribution in [0.1, 0.15) is 17.3 Å². The summed E-state index contributed by atoms with van der Waals surface area (Å²) in [6.45, 7) is 1.84. The number of hydrogen-bond acceptors (Lipinski definition) is 3. The van der Waals surface area contributed by atoms with Crippen LogP contribution in [-0.4, -0.2) is 30.8 Å². The van der Waals surface area contributed by atoms with E-state index in [2.05, 4.69) is 0 Å². The Labute approximate surface area is 107 Å². The van der Waals surface area contributed by atoms with E-state index in [-0.39, 0.29) is 11.7 Å². The fraction of sp³-hybridized carbons (Fsp3) is 0.308. The number of benzene rings is 1. The minimum Gasteiger partial charge on any atom is -0.292 e. The Balaban J connectivity index is 2.35. The van der Waals surface area contributed by atoms with Gasteiger partial charge in [-0.05, 0) is 0 Å². The molecule has 0 fully saturated rings. The molecule has 0 aliphatic carbocycles. The maximum absolute atomic E-state index is 12.4. The van der Waals surface area contributed by atoms with Crippen LogP contribution < -0.4 is 0 Å². The molecule has 0 saturated carbocycles. The first-order valence-corrected chi connectivity index (χ1v) is 7.52. The maximum Gasteiger partial charge on any atom is 0.232 e. The lowest BCUT2D eigenvalue weighted by Crippen LogP contribution is -2.41. The summed E-state index contributed by atoms with van der Waals surface area (Å²) in [4.78, 5) is 12.4. The molecule has 0 unspecified atom stereocenters. The van der Waals surface area contributed by atoms with E-state index in [1.807, 2.05) is 13.0 Å². The normalized spacial score (nSPS) is 23.3. The van der Waals surface area contributed by atoms with Crippen molar-refractivity contribution in [1.29, 1.82) is 0 Å². The number of nitrogens with zero attached hydrogens (tertiary/aromatic N) is 1. The van der Waals surface area contributed by atoms with Crippen LogP contribution in [0.15, 0.2) is 42.6 Å². The van der Waals surface area contributed by atoms with Gasteiger partial charge >= 0.3 is 0 Å². The van der Waals surface area contributed by atoms with Crippen molar-refractivity contribution in [3.63, 3.8) is 0 Å². The smallest absolute Gasteiger partial charge is 0.232 e. The van der Waals surface area contributed by atoms with E-state index in [1.165, 1.54) is 6.20 Å². The topological polar surface area (TPSA) is 54.5 Å². The zero-order valence-electron chi connectivity index (χ0n) is 10.3. The van der Waals surface area contributed by atoms with E-state index >= 15 is 0 Å². The first-order valence-electron chi connectivity index (χ1n) is 5.67. The Bertz CT molecular complexity index is 578. The van der Waals surface area contributed by atoms with Crippen LogP contribution in [0.4, 0.5) is 0 Å². The third-order valence-electron chi connectivity index (χ3n) is 3.02.